The van der Waals surface area contributed by atoms with Gasteiger partial charge >= 0.3 is 0 Å². The van der Waals surface area contributed by atoms with Gasteiger partial charge in [-0.2, -0.15) is 0 Å². The Balaban J connectivity index is 1.57. The van der Waals surface area contributed by atoms with Gasteiger partial charge in [0.2, 0.25) is 5.43 Å². The Morgan fingerprint density at radius 3 is 2.08 bits per heavy atom. The van der Waals surface area contributed by atoms with Crippen molar-refractivity contribution < 1.29 is 32.3 Å². The van der Waals surface area contributed by atoms with Crippen molar-refractivity contribution >= 4 is 22.5 Å². The SMILES string of the molecule is CCN(C(=O)c1cn(-c2cc(OC)cc(OC)c2)c2cc(OCCCCCCC[N+](C)(C)CCN(C)C)ccc2c1=O)c1cc(F)cc(F)c1. The molecule has 0 radical (unpaired) electrons. The monoisotopic (exact) mass is 693 g/mol. The van der Waals surface area contributed by atoms with E-state index >= 15 is 0 Å². The molecule has 3 aromatic carbocycles. The minimum atomic E-state index is -0.826. The number of quaternary nitrogens is 1. The zero-order valence-corrected chi connectivity index (χ0v) is 30.4. The third-order valence-corrected chi connectivity index (χ3v) is 8.87. The number of nitrogens with zero attached hydrogens (tertiary/aromatic N) is 4. The number of anilines is 1. The summed E-state index contributed by atoms with van der Waals surface area (Å²) in [6.45, 7) is 5.65. The second-order valence-corrected chi connectivity index (χ2v) is 13.5. The molecule has 0 saturated carbocycles. The second kappa shape index (κ2) is 17.4. The summed E-state index contributed by atoms with van der Waals surface area (Å²) in [4.78, 5) is 31.2. The molecule has 11 heteroatoms. The van der Waals surface area contributed by atoms with E-state index in [2.05, 4.69) is 33.1 Å². The largest absolute Gasteiger partial charge is 0.497 e. The van der Waals surface area contributed by atoms with Crippen molar-refractivity contribution in [2.45, 2.75) is 39.0 Å². The average Bonchev–Trinajstić information content (AvgIpc) is 3.08. The van der Waals surface area contributed by atoms with Gasteiger partial charge in [-0.3, -0.25) is 9.59 Å². The number of methoxy groups -OCH3 is 2. The quantitative estimate of drug-likeness (QED) is 0.0833. The third-order valence-electron chi connectivity index (χ3n) is 8.87. The van der Waals surface area contributed by atoms with Crippen molar-refractivity contribution in [2.75, 3.05) is 80.1 Å². The van der Waals surface area contributed by atoms with E-state index in [0.717, 1.165) is 61.6 Å². The van der Waals surface area contributed by atoms with Gasteiger partial charge in [-0.15, -0.1) is 0 Å². The number of carbonyl (C=O) groups excluding carboxylic acids is 1. The number of halogens is 2. The number of hydrogen-bond acceptors (Lipinski definition) is 6. The van der Waals surface area contributed by atoms with Gasteiger partial charge in [-0.05, 0) is 64.5 Å². The Morgan fingerprint density at radius 2 is 1.46 bits per heavy atom. The van der Waals surface area contributed by atoms with E-state index in [4.69, 9.17) is 14.2 Å². The van der Waals surface area contributed by atoms with Crippen LogP contribution in [0.3, 0.4) is 0 Å². The molecule has 1 amide bonds. The van der Waals surface area contributed by atoms with Gasteiger partial charge in [0.15, 0.2) is 0 Å². The fourth-order valence-electron chi connectivity index (χ4n) is 5.92. The van der Waals surface area contributed by atoms with Crippen LogP contribution in [-0.4, -0.2) is 95.1 Å². The van der Waals surface area contributed by atoms with Gasteiger partial charge in [-0.25, -0.2) is 8.78 Å². The number of benzene rings is 3. The van der Waals surface area contributed by atoms with Crippen molar-refractivity contribution in [1.29, 1.82) is 0 Å². The van der Waals surface area contributed by atoms with Crippen LogP contribution in [0.5, 0.6) is 17.2 Å². The highest BCUT2D eigenvalue weighted by Crippen LogP contribution is 2.30. The number of ether oxygens (including phenoxy) is 3. The molecule has 0 bridgehead atoms. The average molecular weight is 694 g/mol. The first-order valence-electron chi connectivity index (χ1n) is 17.2. The van der Waals surface area contributed by atoms with Gasteiger partial charge in [0.25, 0.3) is 5.91 Å². The molecule has 1 aromatic heterocycles. The minimum Gasteiger partial charge on any atom is -0.497 e. The Hall–Kier alpha value is -4.48. The van der Waals surface area contributed by atoms with Crippen LogP contribution in [0.15, 0.2) is 65.6 Å². The Labute approximate surface area is 294 Å². The topological polar surface area (TPSA) is 73.2 Å². The molecule has 4 aromatic rings. The van der Waals surface area contributed by atoms with E-state index in [-0.39, 0.29) is 23.2 Å². The number of likely N-dealkylation sites (N-methyl/N-ethyl adjacent to an activating group) is 2. The summed E-state index contributed by atoms with van der Waals surface area (Å²) in [6.07, 6.45) is 6.92. The normalized spacial score (nSPS) is 11.6. The number of rotatable bonds is 18. The van der Waals surface area contributed by atoms with Crippen molar-refractivity contribution in [1.82, 2.24) is 9.47 Å². The summed E-state index contributed by atoms with van der Waals surface area (Å²) in [5, 5.41) is 0.276. The lowest BCUT2D eigenvalue weighted by molar-refractivity contribution is -0.890. The smallest absolute Gasteiger partial charge is 0.263 e. The summed E-state index contributed by atoms with van der Waals surface area (Å²) in [5.74, 6) is -0.740. The molecule has 0 unspecified atom stereocenters. The Morgan fingerprint density at radius 1 is 0.820 bits per heavy atom. The summed E-state index contributed by atoms with van der Waals surface area (Å²) in [7, 11) is 11.9. The maximum Gasteiger partial charge on any atom is 0.263 e. The zero-order valence-electron chi connectivity index (χ0n) is 30.4. The lowest BCUT2D eigenvalue weighted by atomic mass is 10.1. The maximum absolute atomic E-state index is 14.1. The first-order valence-corrected chi connectivity index (χ1v) is 17.2. The number of hydrogen-bond donors (Lipinski definition) is 0. The van der Waals surface area contributed by atoms with Gasteiger partial charge < -0.3 is 33.1 Å². The van der Waals surface area contributed by atoms with Crippen LogP contribution in [-0.2, 0) is 0 Å². The van der Waals surface area contributed by atoms with Gasteiger partial charge in [-0.1, -0.05) is 12.8 Å². The first kappa shape index (κ1) is 38.3. The Kier molecular flexibility index (Phi) is 13.4. The lowest BCUT2D eigenvalue weighted by Crippen LogP contribution is -2.44. The molecule has 0 aliphatic rings. The highest BCUT2D eigenvalue weighted by molar-refractivity contribution is 6.07. The molecule has 1 heterocycles. The van der Waals surface area contributed by atoms with Gasteiger partial charge in [0.1, 0.15) is 34.4 Å². The van der Waals surface area contributed by atoms with E-state index < -0.39 is 23.0 Å². The highest BCUT2D eigenvalue weighted by Gasteiger charge is 2.24. The molecule has 9 nitrogen and oxygen atoms in total. The van der Waals surface area contributed by atoms with Gasteiger partial charge in [0.05, 0.1) is 59.2 Å². The molecule has 0 fully saturated rings. The molecule has 270 valence electrons. The van der Waals surface area contributed by atoms with Crippen LogP contribution >= 0.6 is 0 Å². The second-order valence-electron chi connectivity index (χ2n) is 13.5. The number of fused-ring (bicyclic) bond motifs is 1. The van der Waals surface area contributed by atoms with Crippen LogP contribution < -0.4 is 24.5 Å². The maximum atomic E-state index is 14.1. The predicted octanol–water partition coefficient (Wildman–Crippen LogP) is 6.92. The zero-order chi connectivity index (χ0) is 36.4. The van der Waals surface area contributed by atoms with Crippen LogP contribution in [0.2, 0.25) is 0 Å². The van der Waals surface area contributed by atoms with Crippen molar-refractivity contribution in [3.8, 4) is 22.9 Å². The summed E-state index contributed by atoms with van der Waals surface area (Å²) >= 11 is 0. The van der Waals surface area contributed by atoms with Crippen LogP contribution in [0.4, 0.5) is 14.5 Å². The number of amides is 1. The third kappa shape index (κ3) is 10.0. The molecule has 0 saturated heterocycles. The summed E-state index contributed by atoms with van der Waals surface area (Å²) in [6, 6.07) is 13.3. The highest BCUT2D eigenvalue weighted by atomic mass is 19.1. The van der Waals surface area contributed by atoms with Crippen LogP contribution in [0.1, 0.15) is 49.4 Å². The van der Waals surface area contributed by atoms with Crippen LogP contribution in [0.25, 0.3) is 16.6 Å². The van der Waals surface area contributed by atoms with E-state index in [1.807, 2.05) is 0 Å². The van der Waals surface area contributed by atoms with Crippen molar-refractivity contribution in [2.24, 2.45) is 0 Å². The molecular weight excluding hydrogens is 642 g/mol. The van der Waals surface area contributed by atoms with Crippen molar-refractivity contribution in [3.63, 3.8) is 0 Å². The molecule has 0 aliphatic heterocycles. The number of aromatic nitrogens is 1. The number of unbranched alkanes of at least 4 members (excludes halogenated alkanes) is 4. The predicted molar refractivity (Wildman–Crippen MR) is 195 cm³/mol. The summed E-state index contributed by atoms with van der Waals surface area (Å²) in [5.41, 5.74) is 0.409. The standard InChI is InChI=1S/C39H51F2N4O5/c1-8-43(30-21-28(40)20-29(41)22-30)39(47)36-27-44(31-23-33(48-6)25-34(24-31)49-7)37-26-32(14-15-35(37)38(36)46)50-19-13-11-9-10-12-17-45(4,5)18-16-42(2)3/h14-15,20-27H,8-13,16-19H2,1-7H3/q+1. The fourth-order valence-corrected chi connectivity index (χ4v) is 5.92. The fraction of sp³-hybridized carbons (Fsp3) is 0.436. The molecular formula is C39H51F2N4O5+. The Bertz CT molecular complexity index is 1780. The van der Waals surface area contributed by atoms with Gasteiger partial charge in [0, 0.05) is 60.7 Å². The molecule has 0 aliphatic carbocycles. The van der Waals surface area contributed by atoms with Crippen molar-refractivity contribution in [3.05, 3.63) is 88.2 Å². The molecule has 0 atom stereocenters. The minimum absolute atomic E-state index is 0.0101. The number of pyridine rings is 1. The summed E-state index contributed by atoms with van der Waals surface area (Å²) < 4.78 is 48.1. The number of carbonyl (C=O) groups is 1. The van der Waals surface area contributed by atoms with E-state index in [1.165, 1.54) is 38.2 Å². The molecule has 0 N–H and O–H groups in total. The molecule has 4 rings (SSSR count). The molecule has 0 spiro atoms. The van der Waals surface area contributed by atoms with Crippen LogP contribution in [0, 0.1) is 11.6 Å². The first-order chi connectivity index (χ1) is 23.8. The van der Waals surface area contributed by atoms with E-state index in [0.29, 0.717) is 35.1 Å². The lowest BCUT2D eigenvalue weighted by Gasteiger charge is -2.31. The van der Waals surface area contributed by atoms with E-state index in [1.54, 1.807) is 47.9 Å². The molecule has 50 heavy (non-hydrogen) atoms. The van der Waals surface area contributed by atoms with E-state index in [9.17, 15) is 18.4 Å².